The zero-order chi connectivity index (χ0) is 15.7. The molecule has 1 amide bonds. The Hall–Kier alpha value is -2.96. The van der Waals surface area contributed by atoms with Gasteiger partial charge in [-0.1, -0.05) is 24.3 Å². The molecule has 0 saturated carbocycles. The molecule has 0 spiro atoms. The number of carbonyl (C=O) groups excluding carboxylic acids is 1. The second-order valence-electron chi connectivity index (χ2n) is 5.15. The zero-order valence-corrected chi connectivity index (χ0v) is 11.7. The first-order valence-electron chi connectivity index (χ1n) is 6.79. The number of benzene rings is 1. The fourth-order valence-corrected chi connectivity index (χ4v) is 2.67. The van der Waals surface area contributed by atoms with Gasteiger partial charge in [0.1, 0.15) is 18.1 Å². The maximum Gasteiger partial charge on any atom is 0.287 e. The fraction of sp³-hybridized carbons (Fsp3) is 0.200. The van der Waals surface area contributed by atoms with E-state index in [-0.39, 0.29) is 5.69 Å². The van der Waals surface area contributed by atoms with Crippen molar-refractivity contribution in [1.82, 2.24) is 4.98 Å². The van der Waals surface area contributed by atoms with Crippen molar-refractivity contribution < 1.29 is 9.72 Å². The average Bonchev–Trinajstić information content (AvgIpc) is 2.53. The number of hydrogen-bond donors (Lipinski definition) is 1. The van der Waals surface area contributed by atoms with Crippen LogP contribution in [0.3, 0.4) is 0 Å². The molecular formula is C15H14N4O3. The molecule has 0 unspecified atom stereocenters. The van der Waals surface area contributed by atoms with Gasteiger partial charge in [-0.05, 0) is 17.2 Å². The predicted molar refractivity (Wildman–Crippen MR) is 80.2 cm³/mol. The molecule has 1 aliphatic rings. The molecule has 0 aliphatic carbocycles. The van der Waals surface area contributed by atoms with Gasteiger partial charge in [0.15, 0.2) is 0 Å². The van der Waals surface area contributed by atoms with Crippen molar-refractivity contribution in [2.75, 3.05) is 4.90 Å². The molecule has 2 aromatic rings. The Balaban J connectivity index is 1.97. The Labute approximate surface area is 126 Å². The number of nitrogens with zero attached hydrogens (tertiary/aromatic N) is 3. The highest BCUT2D eigenvalue weighted by Crippen LogP contribution is 2.28. The zero-order valence-electron chi connectivity index (χ0n) is 11.7. The van der Waals surface area contributed by atoms with E-state index in [1.807, 2.05) is 24.3 Å². The highest BCUT2D eigenvalue weighted by Gasteiger charge is 2.31. The summed E-state index contributed by atoms with van der Waals surface area (Å²) in [5.74, 6) is 0.0681. The molecule has 7 heteroatoms. The first-order valence-corrected chi connectivity index (χ1v) is 6.79. The summed E-state index contributed by atoms with van der Waals surface area (Å²) in [6.45, 7) is 0.495. The Bertz CT molecular complexity index is 730. The van der Waals surface area contributed by atoms with Crippen molar-refractivity contribution in [3.63, 3.8) is 0 Å². The molecule has 2 N–H and O–H groups in total. The van der Waals surface area contributed by atoms with Crippen LogP contribution >= 0.6 is 0 Å². The van der Waals surface area contributed by atoms with Crippen LogP contribution < -0.4 is 10.6 Å². The van der Waals surface area contributed by atoms with E-state index in [1.165, 1.54) is 12.3 Å². The summed E-state index contributed by atoms with van der Waals surface area (Å²) >= 11 is 0. The number of nitrogens with two attached hydrogens (primary N) is 1. The third kappa shape index (κ3) is 2.48. The topological polar surface area (TPSA) is 102 Å². The lowest BCUT2D eigenvalue weighted by Gasteiger charge is -2.35. The molecule has 1 atom stereocenters. The summed E-state index contributed by atoms with van der Waals surface area (Å²) in [6, 6.07) is 10.2. The number of fused-ring (bicyclic) bond motifs is 1. The van der Waals surface area contributed by atoms with Crippen LogP contribution in [0.5, 0.6) is 0 Å². The van der Waals surface area contributed by atoms with Gasteiger partial charge in [-0.25, -0.2) is 4.98 Å². The second kappa shape index (κ2) is 5.44. The highest BCUT2D eigenvalue weighted by atomic mass is 16.6. The van der Waals surface area contributed by atoms with Gasteiger partial charge in [0.25, 0.3) is 5.69 Å². The van der Waals surface area contributed by atoms with Crippen LogP contribution in [0.15, 0.2) is 42.6 Å². The van der Waals surface area contributed by atoms with Crippen LogP contribution in [0, 0.1) is 10.1 Å². The summed E-state index contributed by atoms with van der Waals surface area (Å²) in [4.78, 5) is 27.9. The van der Waals surface area contributed by atoms with Crippen molar-refractivity contribution in [3.8, 4) is 0 Å². The van der Waals surface area contributed by atoms with E-state index in [1.54, 1.807) is 11.0 Å². The van der Waals surface area contributed by atoms with Crippen LogP contribution in [0.4, 0.5) is 11.5 Å². The minimum atomic E-state index is -0.510. The molecule has 0 radical (unpaired) electrons. The largest absolute Gasteiger partial charge is 0.368 e. The van der Waals surface area contributed by atoms with Gasteiger partial charge in [0, 0.05) is 19.0 Å². The lowest BCUT2D eigenvalue weighted by Crippen LogP contribution is -2.49. The lowest BCUT2D eigenvalue weighted by atomic mass is 9.93. The van der Waals surface area contributed by atoms with E-state index in [2.05, 4.69) is 4.98 Å². The molecule has 2 heterocycles. The Morgan fingerprint density at radius 3 is 2.59 bits per heavy atom. The first-order chi connectivity index (χ1) is 10.6. The lowest BCUT2D eigenvalue weighted by molar-refractivity contribution is -0.385. The van der Waals surface area contributed by atoms with Gasteiger partial charge in [0.2, 0.25) is 5.91 Å². The van der Waals surface area contributed by atoms with Gasteiger partial charge in [-0.15, -0.1) is 0 Å². The Morgan fingerprint density at radius 1 is 1.27 bits per heavy atom. The normalized spacial score (nSPS) is 16.9. The fourth-order valence-electron chi connectivity index (χ4n) is 2.67. The quantitative estimate of drug-likeness (QED) is 0.681. The molecule has 0 fully saturated rings. The molecule has 1 aliphatic heterocycles. The number of nitro groups is 1. The average molecular weight is 298 g/mol. The molecule has 7 nitrogen and oxygen atoms in total. The Kier molecular flexibility index (Phi) is 3.46. The van der Waals surface area contributed by atoms with Gasteiger partial charge < -0.3 is 10.6 Å². The monoisotopic (exact) mass is 298 g/mol. The van der Waals surface area contributed by atoms with E-state index in [4.69, 9.17) is 5.73 Å². The van der Waals surface area contributed by atoms with E-state index in [0.717, 1.165) is 11.1 Å². The molecule has 1 aromatic heterocycles. The summed E-state index contributed by atoms with van der Waals surface area (Å²) in [5.41, 5.74) is 7.61. The van der Waals surface area contributed by atoms with E-state index >= 15 is 0 Å². The molecule has 3 rings (SSSR count). The highest BCUT2D eigenvalue weighted by molar-refractivity contribution is 5.84. The number of hydrogen-bond acceptors (Lipinski definition) is 5. The van der Waals surface area contributed by atoms with Crippen molar-refractivity contribution >= 4 is 17.4 Å². The number of rotatable bonds is 3. The number of aromatic nitrogens is 1. The number of anilines is 1. The number of pyridine rings is 1. The van der Waals surface area contributed by atoms with Gasteiger partial charge in [-0.2, -0.15) is 0 Å². The summed E-state index contributed by atoms with van der Waals surface area (Å²) < 4.78 is 0. The number of carbonyl (C=O) groups is 1. The van der Waals surface area contributed by atoms with E-state index in [0.29, 0.717) is 18.8 Å². The minimum absolute atomic E-state index is 0.0863. The molecule has 22 heavy (non-hydrogen) atoms. The summed E-state index contributed by atoms with van der Waals surface area (Å²) in [6.07, 6.45) is 1.69. The van der Waals surface area contributed by atoms with Crippen LogP contribution in [-0.2, 0) is 17.8 Å². The third-order valence-corrected chi connectivity index (χ3v) is 3.81. The van der Waals surface area contributed by atoms with Crippen molar-refractivity contribution in [2.24, 2.45) is 5.73 Å². The second-order valence-corrected chi connectivity index (χ2v) is 5.15. The predicted octanol–water partition coefficient (Wildman–Crippen LogP) is 1.41. The first kappa shape index (κ1) is 14.0. The molecule has 0 saturated heterocycles. The van der Waals surface area contributed by atoms with E-state index < -0.39 is 16.9 Å². The van der Waals surface area contributed by atoms with Gasteiger partial charge >= 0.3 is 0 Å². The third-order valence-electron chi connectivity index (χ3n) is 3.81. The number of amides is 1. The Morgan fingerprint density at radius 2 is 2.00 bits per heavy atom. The summed E-state index contributed by atoms with van der Waals surface area (Å²) in [5, 5.41) is 10.7. The van der Waals surface area contributed by atoms with Crippen LogP contribution in [0.25, 0.3) is 0 Å². The van der Waals surface area contributed by atoms with Gasteiger partial charge in [0.05, 0.1) is 4.92 Å². The maximum absolute atomic E-state index is 11.8. The molecule has 1 aromatic carbocycles. The van der Waals surface area contributed by atoms with Crippen LogP contribution in [0.1, 0.15) is 11.1 Å². The van der Waals surface area contributed by atoms with Crippen LogP contribution in [0.2, 0.25) is 0 Å². The van der Waals surface area contributed by atoms with Gasteiger partial charge in [-0.3, -0.25) is 14.9 Å². The van der Waals surface area contributed by atoms with Crippen molar-refractivity contribution in [1.29, 1.82) is 0 Å². The maximum atomic E-state index is 11.8. The standard InChI is InChI=1S/C15H14N4O3/c16-15(20)13-7-10-3-1-2-4-11(10)9-18(13)14-6-5-12(8-17-14)19(21)22/h1-6,8,13H,7,9H2,(H2,16,20)/t13-/m0/s1. The smallest absolute Gasteiger partial charge is 0.287 e. The van der Waals surface area contributed by atoms with Crippen molar-refractivity contribution in [3.05, 3.63) is 63.8 Å². The molecule has 112 valence electrons. The number of primary amides is 1. The van der Waals surface area contributed by atoms with Crippen molar-refractivity contribution in [2.45, 2.75) is 19.0 Å². The summed E-state index contributed by atoms with van der Waals surface area (Å²) in [7, 11) is 0. The molecular weight excluding hydrogens is 284 g/mol. The molecule has 0 bridgehead atoms. The SMILES string of the molecule is NC(=O)[C@@H]1Cc2ccccc2CN1c1ccc([N+](=O)[O-])cn1. The van der Waals surface area contributed by atoms with Crippen LogP contribution in [-0.4, -0.2) is 21.9 Å². The minimum Gasteiger partial charge on any atom is -0.368 e. The van der Waals surface area contributed by atoms with E-state index in [9.17, 15) is 14.9 Å².